The lowest BCUT2D eigenvalue weighted by Crippen LogP contribution is -2.48. The molecule has 1 spiro atoms. The van der Waals surface area contributed by atoms with Crippen LogP contribution in [0.2, 0.25) is 0 Å². The highest BCUT2D eigenvalue weighted by Crippen LogP contribution is 2.46. The molecule has 0 saturated heterocycles. The van der Waals surface area contributed by atoms with E-state index in [1.165, 1.54) is 0 Å². The summed E-state index contributed by atoms with van der Waals surface area (Å²) in [4.78, 5) is 74.9. The number of carbonyl (C=O) groups is 4. The summed E-state index contributed by atoms with van der Waals surface area (Å²) in [6.07, 6.45) is 0.811. The maximum absolute atomic E-state index is 12.9. The van der Waals surface area contributed by atoms with E-state index in [0.717, 1.165) is 0 Å². The van der Waals surface area contributed by atoms with E-state index in [-0.39, 0.29) is 98.3 Å². The van der Waals surface area contributed by atoms with Crippen molar-refractivity contribution in [1.82, 2.24) is 29.9 Å². The highest BCUT2D eigenvalue weighted by Gasteiger charge is 2.51. The van der Waals surface area contributed by atoms with Crippen molar-refractivity contribution in [2.75, 3.05) is 22.9 Å². The van der Waals surface area contributed by atoms with Gasteiger partial charge in [-0.15, -0.1) is 0 Å². The fourth-order valence-electron chi connectivity index (χ4n) is 5.03. The number of nitrogen functional groups attached to an aromatic ring is 4. The molecule has 2 aromatic rings. The molecule has 0 unspecified atom stereocenters. The lowest BCUT2D eigenvalue weighted by Gasteiger charge is -2.41. The summed E-state index contributed by atoms with van der Waals surface area (Å²) in [5.41, 5.74) is 21.3. The molecule has 2 saturated carbocycles. The first-order valence-corrected chi connectivity index (χ1v) is 11.2. The zero-order valence-corrected chi connectivity index (χ0v) is 18.9. The van der Waals surface area contributed by atoms with E-state index in [1.54, 1.807) is 0 Å². The Bertz CT molecular complexity index is 1040. The number of nitrogens with zero attached hydrogens (tertiary/aromatic N) is 6. The van der Waals surface area contributed by atoms with Crippen molar-refractivity contribution in [3.8, 4) is 0 Å². The van der Waals surface area contributed by atoms with Crippen molar-refractivity contribution in [2.24, 2.45) is 17.3 Å². The number of Topliss-reactive ketones (excluding diaryl/α,β-unsaturated/α-hetero) is 4. The van der Waals surface area contributed by atoms with Gasteiger partial charge < -0.3 is 22.9 Å². The lowest BCUT2D eigenvalue weighted by atomic mass is 9.59. The number of aromatic nitrogens is 6. The predicted molar refractivity (Wildman–Crippen MR) is 122 cm³/mol. The van der Waals surface area contributed by atoms with Crippen LogP contribution in [0.3, 0.4) is 0 Å². The van der Waals surface area contributed by atoms with Gasteiger partial charge in [0.05, 0.1) is 11.8 Å². The molecule has 35 heavy (non-hydrogen) atoms. The summed E-state index contributed by atoms with van der Waals surface area (Å²) in [7, 11) is 0. The van der Waals surface area contributed by atoms with E-state index >= 15 is 0 Å². The molecule has 0 amide bonds. The monoisotopic (exact) mass is 482 g/mol. The molecule has 14 nitrogen and oxygen atoms in total. The molecule has 0 bridgehead atoms. The third-order valence-electron chi connectivity index (χ3n) is 6.50. The van der Waals surface area contributed by atoms with Crippen molar-refractivity contribution in [1.29, 1.82) is 0 Å². The Balaban J connectivity index is 1.38. The van der Waals surface area contributed by atoms with E-state index < -0.39 is 17.3 Å². The van der Waals surface area contributed by atoms with Gasteiger partial charge in [-0.2, -0.15) is 29.9 Å². The maximum Gasteiger partial charge on any atom is 0.225 e. The summed E-state index contributed by atoms with van der Waals surface area (Å²) in [6, 6.07) is 0. The number of anilines is 4. The second kappa shape index (κ2) is 9.27. The summed E-state index contributed by atoms with van der Waals surface area (Å²) >= 11 is 0. The van der Waals surface area contributed by atoms with Gasteiger partial charge in [0, 0.05) is 38.5 Å². The number of carbonyl (C=O) groups excluding carboxylic acids is 4. The first kappa shape index (κ1) is 24.0. The lowest BCUT2D eigenvalue weighted by molar-refractivity contribution is -0.148. The molecule has 0 atom stereocenters. The molecule has 2 aliphatic rings. The van der Waals surface area contributed by atoms with Crippen LogP contribution in [0.15, 0.2) is 0 Å². The Morgan fingerprint density at radius 3 is 1.11 bits per heavy atom. The highest BCUT2D eigenvalue weighted by molar-refractivity contribution is 6.10. The standard InChI is InChI=1S/C21H26N10O4/c22-17-26-15(27-18(23)30-17)3-1-9-11(32)5-21(6-12(9)33)7-13(34)10(14(35)8-21)2-4-16-28-19(24)31-20(25)29-16/h9-10H,1-8H2,(H4,22,23,26,27,30)(H4,24,25,28,29,31). The van der Waals surface area contributed by atoms with Gasteiger partial charge in [-0.3, -0.25) is 19.2 Å². The van der Waals surface area contributed by atoms with Crippen LogP contribution in [-0.2, 0) is 32.0 Å². The van der Waals surface area contributed by atoms with Crippen LogP contribution >= 0.6 is 0 Å². The van der Waals surface area contributed by atoms with Gasteiger partial charge in [0.25, 0.3) is 0 Å². The minimum absolute atomic E-state index is 0.00435. The average molecular weight is 483 g/mol. The molecular formula is C21H26N10O4. The fourth-order valence-corrected chi connectivity index (χ4v) is 5.03. The van der Waals surface area contributed by atoms with Crippen molar-refractivity contribution < 1.29 is 19.2 Å². The van der Waals surface area contributed by atoms with E-state index in [1.807, 2.05) is 0 Å². The molecule has 2 aliphatic carbocycles. The molecule has 0 radical (unpaired) electrons. The Hall–Kier alpha value is -4.10. The molecule has 0 aromatic carbocycles. The van der Waals surface area contributed by atoms with Gasteiger partial charge in [0.1, 0.15) is 34.8 Å². The number of hydrogen-bond donors (Lipinski definition) is 4. The molecule has 0 aliphatic heterocycles. The van der Waals surface area contributed by atoms with Crippen molar-refractivity contribution in [2.45, 2.75) is 51.4 Å². The fraction of sp³-hybridized carbons (Fsp3) is 0.524. The van der Waals surface area contributed by atoms with E-state index in [2.05, 4.69) is 29.9 Å². The van der Waals surface area contributed by atoms with Gasteiger partial charge in [-0.1, -0.05) is 0 Å². The molecule has 184 valence electrons. The third kappa shape index (κ3) is 5.36. The molecule has 2 aromatic heterocycles. The van der Waals surface area contributed by atoms with Crippen molar-refractivity contribution in [3.63, 3.8) is 0 Å². The summed E-state index contributed by atoms with van der Waals surface area (Å²) in [5.74, 6) is -2.39. The highest BCUT2D eigenvalue weighted by atomic mass is 16.2. The smallest absolute Gasteiger partial charge is 0.225 e. The zero-order chi connectivity index (χ0) is 25.3. The van der Waals surface area contributed by atoms with Gasteiger partial charge in [-0.05, 0) is 18.3 Å². The second-order valence-electron chi connectivity index (χ2n) is 9.19. The van der Waals surface area contributed by atoms with Crippen LogP contribution in [0.1, 0.15) is 50.2 Å². The molecule has 2 fully saturated rings. The van der Waals surface area contributed by atoms with Crippen LogP contribution in [0.5, 0.6) is 0 Å². The number of nitrogens with two attached hydrogens (primary N) is 4. The average Bonchev–Trinajstić information content (AvgIpc) is 2.71. The van der Waals surface area contributed by atoms with E-state index in [4.69, 9.17) is 22.9 Å². The molecule has 14 heteroatoms. The Morgan fingerprint density at radius 1 is 0.543 bits per heavy atom. The predicted octanol–water partition coefficient (Wildman–Crippen LogP) is -0.966. The van der Waals surface area contributed by atoms with Crippen molar-refractivity contribution in [3.05, 3.63) is 11.6 Å². The third-order valence-corrected chi connectivity index (χ3v) is 6.50. The molecule has 8 N–H and O–H groups in total. The topological polar surface area (TPSA) is 250 Å². The summed E-state index contributed by atoms with van der Waals surface area (Å²) < 4.78 is 0. The van der Waals surface area contributed by atoms with Gasteiger partial charge >= 0.3 is 0 Å². The Kier molecular flexibility index (Phi) is 6.37. The van der Waals surface area contributed by atoms with Gasteiger partial charge in [0.2, 0.25) is 23.8 Å². The summed E-state index contributed by atoms with van der Waals surface area (Å²) in [6.45, 7) is 0. The van der Waals surface area contributed by atoms with Crippen LogP contribution in [0, 0.1) is 17.3 Å². The SMILES string of the molecule is Nc1nc(N)nc(CCC2C(=O)CC3(CC2=O)CC(=O)C(CCc2nc(N)nc(N)n2)C(=O)C3)n1. The second-order valence-corrected chi connectivity index (χ2v) is 9.19. The Morgan fingerprint density at radius 2 is 0.829 bits per heavy atom. The number of aryl methyl sites for hydroxylation is 2. The molecule has 2 heterocycles. The van der Waals surface area contributed by atoms with Crippen molar-refractivity contribution >= 4 is 46.9 Å². The van der Waals surface area contributed by atoms with E-state index in [9.17, 15) is 19.2 Å². The molecule has 4 rings (SSSR count). The van der Waals surface area contributed by atoms with Crippen LogP contribution in [-0.4, -0.2) is 53.0 Å². The van der Waals surface area contributed by atoms with Crippen LogP contribution < -0.4 is 22.9 Å². The molecular weight excluding hydrogens is 456 g/mol. The Labute approximate surface area is 199 Å². The minimum Gasteiger partial charge on any atom is -0.368 e. The summed E-state index contributed by atoms with van der Waals surface area (Å²) in [5, 5.41) is 0. The minimum atomic E-state index is -0.959. The van der Waals surface area contributed by atoms with Gasteiger partial charge in [-0.25, -0.2) is 0 Å². The normalized spacial score (nSPS) is 24.8. The van der Waals surface area contributed by atoms with Crippen LogP contribution in [0.4, 0.5) is 23.8 Å². The number of rotatable bonds is 6. The van der Waals surface area contributed by atoms with Crippen LogP contribution in [0.25, 0.3) is 0 Å². The maximum atomic E-state index is 12.9. The van der Waals surface area contributed by atoms with E-state index in [0.29, 0.717) is 11.6 Å². The first-order valence-electron chi connectivity index (χ1n) is 11.2. The first-order chi connectivity index (χ1) is 16.5. The number of hydrogen-bond acceptors (Lipinski definition) is 14. The zero-order valence-electron chi connectivity index (χ0n) is 18.9. The quantitative estimate of drug-likeness (QED) is 0.362. The number of ketones is 4. The van der Waals surface area contributed by atoms with Gasteiger partial charge in [0.15, 0.2) is 0 Å². The largest absolute Gasteiger partial charge is 0.368 e.